The Bertz CT molecular complexity index is 816. The summed E-state index contributed by atoms with van der Waals surface area (Å²) in [7, 11) is 0. The highest BCUT2D eigenvalue weighted by Crippen LogP contribution is 2.23. The van der Waals surface area contributed by atoms with Crippen LogP contribution in [0.5, 0.6) is 0 Å². The minimum Gasteiger partial charge on any atom is -0.462 e. The molecular weight excluding hydrogens is 384 g/mol. The Morgan fingerprint density at radius 2 is 1.80 bits per heavy atom. The molecule has 0 N–H and O–H groups in total. The molecule has 166 valence electrons. The van der Waals surface area contributed by atoms with Crippen molar-refractivity contribution in [2.45, 2.75) is 67.3 Å². The van der Waals surface area contributed by atoms with Crippen LogP contribution in [0.3, 0.4) is 0 Å². The lowest BCUT2D eigenvalue weighted by Gasteiger charge is -2.42. The van der Waals surface area contributed by atoms with E-state index < -0.39 is 11.4 Å². The predicted molar refractivity (Wildman–Crippen MR) is 113 cm³/mol. The van der Waals surface area contributed by atoms with Gasteiger partial charge in [0.1, 0.15) is 17.1 Å². The number of carbonyl (C=O) groups excluding carboxylic acids is 3. The number of rotatable bonds is 5. The Hall–Kier alpha value is -2.51. The molecule has 2 heterocycles. The molecule has 1 unspecified atom stereocenters. The molecule has 0 spiro atoms. The molecule has 1 saturated heterocycles. The summed E-state index contributed by atoms with van der Waals surface area (Å²) in [5, 5.41) is 0. The average Bonchev–Trinajstić information content (AvgIpc) is 2.66. The summed E-state index contributed by atoms with van der Waals surface area (Å²) in [5.41, 5.74) is 0.319. The number of hydrogen-bond acceptors (Lipinski definition) is 6. The van der Waals surface area contributed by atoms with E-state index in [1.54, 1.807) is 18.7 Å². The second-order valence-electron chi connectivity index (χ2n) is 8.76. The van der Waals surface area contributed by atoms with E-state index in [2.05, 4.69) is 9.97 Å². The van der Waals surface area contributed by atoms with Crippen LogP contribution in [0.25, 0.3) is 0 Å². The third-order valence-corrected chi connectivity index (χ3v) is 5.08. The van der Waals surface area contributed by atoms with Crippen LogP contribution < -0.4 is 0 Å². The predicted octanol–water partition coefficient (Wildman–Crippen LogP) is 2.63. The number of aromatic nitrogens is 2. The number of esters is 1. The minimum absolute atomic E-state index is 0.0671. The number of ether oxygens (including phenoxy) is 1. The highest BCUT2D eigenvalue weighted by molar-refractivity contribution is 6.04. The molecule has 0 radical (unpaired) electrons. The molecule has 1 aromatic heterocycles. The fourth-order valence-corrected chi connectivity index (χ4v) is 3.65. The highest BCUT2D eigenvalue weighted by atomic mass is 16.5. The maximum atomic E-state index is 13.4. The van der Waals surface area contributed by atoms with Gasteiger partial charge in [-0.3, -0.25) is 9.59 Å². The van der Waals surface area contributed by atoms with Crippen molar-refractivity contribution in [3.63, 3.8) is 0 Å². The zero-order valence-corrected chi connectivity index (χ0v) is 19.2. The third kappa shape index (κ3) is 5.15. The van der Waals surface area contributed by atoms with Crippen molar-refractivity contribution in [3.05, 3.63) is 22.8 Å². The van der Waals surface area contributed by atoms with E-state index in [1.165, 1.54) is 0 Å². The topological polar surface area (TPSA) is 92.7 Å². The van der Waals surface area contributed by atoms with Gasteiger partial charge >= 0.3 is 5.97 Å². The Kier molecular flexibility index (Phi) is 7.55. The van der Waals surface area contributed by atoms with Crippen molar-refractivity contribution in [1.29, 1.82) is 0 Å². The van der Waals surface area contributed by atoms with Crippen molar-refractivity contribution in [2.75, 3.05) is 26.2 Å². The molecular formula is C22H34N4O4. The van der Waals surface area contributed by atoms with Crippen molar-refractivity contribution < 1.29 is 19.1 Å². The Morgan fingerprint density at radius 3 is 2.33 bits per heavy atom. The minimum atomic E-state index is -0.570. The molecule has 1 aliphatic heterocycles. The van der Waals surface area contributed by atoms with Crippen LogP contribution in [0.4, 0.5) is 0 Å². The van der Waals surface area contributed by atoms with Gasteiger partial charge in [0.05, 0.1) is 12.3 Å². The van der Waals surface area contributed by atoms with E-state index in [0.717, 1.165) is 6.42 Å². The zero-order chi connectivity index (χ0) is 22.6. The van der Waals surface area contributed by atoms with E-state index in [1.807, 2.05) is 39.5 Å². The smallest absolute Gasteiger partial charge is 0.342 e. The largest absolute Gasteiger partial charge is 0.462 e. The number of nitrogens with zero attached hydrogens (tertiary/aromatic N) is 4. The second kappa shape index (κ2) is 9.53. The molecule has 30 heavy (non-hydrogen) atoms. The number of piperazine rings is 1. The zero-order valence-electron chi connectivity index (χ0n) is 19.2. The van der Waals surface area contributed by atoms with Gasteiger partial charge in [0.15, 0.2) is 0 Å². The van der Waals surface area contributed by atoms with Crippen molar-refractivity contribution in [2.24, 2.45) is 5.41 Å². The summed E-state index contributed by atoms with van der Waals surface area (Å²) >= 11 is 0. The van der Waals surface area contributed by atoms with Gasteiger partial charge in [-0.25, -0.2) is 14.8 Å². The molecule has 2 amide bonds. The van der Waals surface area contributed by atoms with E-state index >= 15 is 0 Å². The van der Waals surface area contributed by atoms with E-state index in [0.29, 0.717) is 37.6 Å². The van der Waals surface area contributed by atoms with Crippen molar-refractivity contribution in [1.82, 2.24) is 19.8 Å². The Morgan fingerprint density at radius 1 is 1.13 bits per heavy atom. The van der Waals surface area contributed by atoms with Crippen LogP contribution >= 0.6 is 0 Å². The molecule has 0 aliphatic carbocycles. The summed E-state index contributed by atoms with van der Waals surface area (Å²) in [5.74, 6) is -0.378. The first-order valence-electron chi connectivity index (χ1n) is 10.7. The van der Waals surface area contributed by atoms with Gasteiger partial charge in [-0.2, -0.15) is 0 Å². The lowest BCUT2D eigenvalue weighted by Crippen LogP contribution is -2.57. The van der Waals surface area contributed by atoms with E-state index in [4.69, 9.17) is 4.74 Å². The molecule has 8 nitrogen and oxygen atoms in total. The normalized spacial score (nSPS) is 17.1. The first-order valence-corrected chi connectivity index (χ1v) is 10.7. The van der Waals surface area contributed by atoms with Crippen LogP contribution in [0.2, 0.25) is 0 Å². The third-order valence-electron chi connectivity index (χ3n) is 5.08. The molecule has 0 aromatic carbocycles. The first-order chi connectivity index (χ1) is 14.0. The first kappa shape index (κ1) is 23.8. The molecule has 1 atom stereocenters. The fourth-order valence-electron chi connectivity index (χ4n) is 3.65. The molecule has 1 fully saturated rings. The van der Waals surface area contributed by atoms with Gasteiger partial charge in [0, 0.05) is 31.1 Å². The van der Waals surface area contributed by atoms with Gasteiger partial charge in [0.25, 0.3) is 5.91 Å². The Balaban J connectivity index is 2.35. The Labute approximate surface area is 179 Å². The monoisotopic (exact) mass is 418 g/mol. The number of hydrogen-bond donors (Lipinski definition) is 0. The van der Waals surface area contributed by atoms with E-state index in [9.17, 15) is 14.4 Å². The lowest BCUT2D eigenvalue weighted by atomic mass is 9.93. The van der Waals surface area contributed by atoms with Crippen LogP contribution in [0, 0.1) is 12.3 Å². The quantitative estimate of drug-likeness (QED) is 0.683. The average molecular weight is 419 g/mol. The van der Waals surface area contributed by atoms with Gasteiger partial charge in [-0.05, 0) is 27.2 Å². The van der Waals surface area contributed by atoms with Crippen LogP contribution in [0.1, 0.15) is 80.3 Å². The van der Waals surface area contributed by atoms with Crippen LogP contribution in [-0.4, -0.2) is 69.8 Å². The number of aryl methyl sites for hydroxylation is 2. The summed E-state index contributed by atoms with van der Waals surface area (Å²) in [4.78, 5) is 50.9. The number of carbonyl (C=O) groups is 3. The standard InChI is InChI=1S/C22H34N4O4/c1-8-10-16-17(20(28)30-9-2)18(24-15(4)23-16)19(27)25-11-12-26(14(3)13-25)21(29)22(5,6)7/h14H,8-13H2,1-7H3. The van der Waals surface area contributed by atoms with Gasteiger partial charge < -0.3 is 14.5 Å². The van der Waals surface area contributed by atoms with Gasteiger partial charge in [-0.1, -0.05) is 34.1 Å². The molecule has 0 bridgehead atoms. The summed E-state index contributed by atoms with van der Waals surface area (Å²) in [6, 6.07) is -0.126. The van der Waals surface area contributed by atoms with Crippen LogP contribution in [-0.2, 0) is 16.0 Å². The fraction of sp³-hybridized carbons (Fsp3) is 0.682. The summed E-state index contributed by atoms with van der Waals surface area (Å²) in [6.45, 7) is 14.5. The van der Waals surface area contributed by atoms with Gasteiger partial charge in [0.2, 0.25) is 5.91 Å². The highest BCUT2D eigenvalue weighted by Gasteiger charge is 2.36. The van der Waals surface area contributed by atoms with Crippen LogP contribution in [0.15, 0.2) is 0 Å². The molecule has 0 saturated carbocycles. The summed E-state index contributed by atoms with van der Waals surface area (Å²) in [6.07, 6.45) is 1.34. The SMILES string of the molecule is CCCc1nc(C)nc(C(=O)N2CCN(C(=O)C(C)(C)C)C(C)C2)c1C(=O)OCC. The maximum Gasteiger partial charge on any atom is 0.342 e. The van der Waals surface area contributed by atoms with Crippen molar-refractivity contribution in [3.8, 4) is 0 Å². The lowest BCUT2D eigenvalue weighted by molar-refractivity contribution is -0.143. The molecule has 2 rings (SSSR count). The van der Waals surface area contributed by atoms with Gasteiger partial charge in [-0.15, -0.1) is 0 Å². The molecule has 1 aliphatic rings. The molecule has 1 aromatic rings. The molecule has 8 heteroatoms. The van der Waals surface area contributed by atoms with Crippen molar-refractivity contribution >= 4 is 17.8 Å². The maximum absolute atomic E-state index is 13.4. The second-order valence-corrected chi connectivity index (χ2v) is 8.76. The van der Waals surface area contributed by atoms with E-state index in [-0.39, 0.29) is 35.7 Å². The number of amides is 2. The summed E-state index contributed by atoms with van der Waals surface area (Å²) < 4.78 is 5.20.